The topological polar surface area (TPSA) is 73.8 Å². The van der Waals surface area contributed by atoms with Crippen LogP contribution in [0.1, 0.15) is 124 Å². The van der Waals surface area contributed by atoms with E-state index in [1.54, 1.807) is 48.7 Å². The lowest BCUT2D eigenvalue weighted by Crippen LogP contribution is -2.12. The zero-order valence-corrected chi connectivity index (χ0v) is 40.1. The fraction of sp³-hybridized carbons (Fsp3) is 0.393. The standard InChI is InChI=1S/C56H72O8/c1-13-19-21-39(15-3)37-63-55-35-46(51(59-9)30-42(55)18-6)25-24-44-32-53(61-11)45(33-52(44)60-10)27-28-48-34-54(62-12)47(36-56(48)64-38-40(16-4)22-20-14-2)26-23-43-31-49(57-7)41(17-5)29-50(43)58-8/h17-18,23-36,39-40H,5-6,13-16,19-22,37-38H2,1-4,7-12H3/b25-24+,26-23+,28-27+. The summed E-state index contributed by atoms with van der Waals surface area (Å²) in [5.41, 5.74) is 6.86. The first-order chi connectivity index (χ1) is 31.2. The van der Waals surface area contributed by atoms with Gasteiger partial charge >= 0.3 is 0 Å². The summed E-state index contributed by atoms with van der Waals surface area (Å²) >= 11 is 0. The summed E-state index contributed by atoms with van der Waals surface area (Å²) < 4.78 is 48.2. The van der Waals surface area contributed by atoms with E-state index in [4.69, 9.17) is 37.9 Å². The van der Waals surface area contributed by atoms with Crippen LogP contribution in [0.3, 0.4) is 0 Å². The number of benzene rings is 4. The first-order valence-corrected chi connectivity index (χ1v) is 22.7. The Morgan fingerprint density at radius 1 is 0.375 bits per heavy atom. The van der Waals surface area contributed by atoms with Crippen LogP contribution in [-0.2, 0) is 0 Å². The van der Waals surface area contributed by atoms with Gasteiger partial charge in [0.15, 0.2) is 0 Å². The molecule has 0 aromatic heterocycles. The maximum Gasteiger partial charge on any atom is 0.127 e. The molecule has 0 spiro atoms. The molecule has 4 aromatic rings. The lowest BCUT2D eigenvalue weighted by molar-refractivity contribution is 0.232. The van der Waals surface area contributed by atoms with Crippen LogP contribution < -0.4 is 37.9 Å². The van der Waals surface area contributed by atoms with Gasteiger partial charge in [-0.15, -0.1) is 0 Å². The molecule has 0 heterocycles. The molecule has 0 saturated carbocycles. The minimum atomic E-state index is 0.436. The van der Waals surface area contributed by atoms with Crippen molar-refractivity contribution < 1.29 is 37.9 Å². The van der Waals surface area contributed by atoms with Crippen LogP contribution >= 0.6 is 0 Å². The van der Waals surface area contributed by atoms with E-state index in [1.165, 1.54) is 12.8 Å². The fourth-order valence-corrected chi connectivity index (χ4v) is 7.53. The van der Waals surface area contributed by atoms with E-state index in [2.05, 4.69) is 40.9 Å². The molecule has 0 fully saturated rings. The molecule has 0 aliphatic rings. The molecule has 8 nitrogen and oxygen atoms in total. The van der Waals surface area contributed by atoms with Gasteiger partial charge in [-0.2, -0.15) is 0 Å². The summed E-state index contributed by atoms with van der Waals surface area (Å²) in [5.74, 6) is 6.63. The van der Waals surface area contributed by atoms with Crippen LogP contribution in [-0.4, -0.2) is 55.9 Å². The van der Waals surface area contributed by atoms with Gasteiger partial charge in [-0.3, -0.25) is 0 Å². The number of ether oxygens (including phenoxy) is 8. The zero-order chi connectivity index (χ0) is 46.4. The van der Waals surface area contributed by atoms with E-state index in [0.717, 1.165) is 100 Å². The van der Waals surface area contributed by atoms with Crippen LogP contribution in [0, 0.1) is 11.8 Å². The second-order valence-corrected chi connectivity index (χ2v) is 15.8. The first kappa shape index (κ1) is 50.6. The Morgan fingerprint density at radius 3 is 0.875 bits per heavy atom. The number of rotatable bonds is 28. The van der Waals surface area contributed by atoms with Crippen LogP contribution in [0.4, 0.5) is 0 Å². The van der Waals surface area contributed by atoms with Gasteiger partial charge < -0.3 is 37.9 Å². The number of methoxy groups -OCH3 is 6. The maximum atomic E-state index is 6.68. The van der Waals surface area contributed by atoms with Gasteiger partial charge in [-0.1, -0.05) is 128 Å². The Labute approximate surface area is 384 Å². The monoisotopic (exact) mass is 873 g/mol. The Morgan fingerprint density at radius 2 is 0.609 bits per heavy atom. The van der Waals surface area contributed by atoms with E-state index >= 15 is 0 Å². The molecule has 0 aliphatic heterocycles. The van der Waals surface area contributed by atoms with Crippen LogP contribution in [0.25, 0.3) is 48.6 Å². The highest BCUT2D eigenvalue weighted by Crippen LogP contribution is 2.38. The normalized spacial score (nSPS) is 12.3. The molecule has 0 N–H and O–H groups in total. The Kier molecular flexibility index (Phi) is 21.0. The molecule has 4 rings (SSSR count). The van der Waals surface area contributed by atoms with E-state index < -0.39 is 0 Å². The summed E-state index contributed by atoms with van der Waals surface area (Å²) in [5, 5.41) is 0. The number of unbranched alkanes of at least 4 members (excludes halogenated alkanes) is 2. The summed E-state index contributed by atoms with van der Waals surface area (Å²) in [6.07, 6.45) is 24.7. The van der Waals surface area contributed by atoms with Gasteiger partial charge in [-0.25, -0.2) is 0 Å². The first-order valence-electron chi connectivity index (χ1n) is 22.7. The van der Waals surface area contributed by atoms with Crippen molar-refractivity contribution in [1.82, 2.24) is 0 Å². The molecule has 2 atom stereocenters. The maximum absolute atomic E-state index is 6.68. The molecule has 2 unspecified atom stereocenters. The van der Waals surface area contributed by atoms with Crippen molar-refractivity contribution in [3.8, 4) is 46.0 Å². The summed E-state index contributed by atoms with van der Waals surface area (Å²) in [6, 6.07) is 15.9. The van der Waals surface area contributed by atoms with Gasteiger partial charge in [0.25, 0.3) is 0 Å². The minimum Gasteiger partial charge on any atom is -0.496 e. The zero-order valence-electron chi connectivity index (χ0n) is 40.1. The van der Waals surface area contributed by atoms with E-state index in [1.807, 2.05) is 91.1 Å². The molecule has 0 saturated heterocycles. The third-order valence-corrected chi connectivity index (χ3v) is 11.7. The smallest absolute Gasteiger partial charge is 0.127 e. The van der Waals surface area contributed by atoms with Crippen LogP contribution in [0.15, 0.2) is 61.7 Å². The minimum absolute atomic E-state index is 0.436. The highest BCUT2D eigenvalue weighted by atomic mass is 16.5. The van der Waals surface area contributed by atoms with E-state index in [-0.39, 0.29) is 0 Å². The van der Waals surface area contributed by atoms with Gasteiger partial charge in [0, 0.05) is 44.5 Å². The molecule has 0 bridgehead atoms. The molecule has 0 aliphatic carbocycles. The Balaban J connectivity index is 1.74. The third kappa shape index (κ3) is 13.7. The lowest BCUT2D eigenvalue weighted by atomic mass is 10.00. The van der Waals surface area contributed by atoms with Crippen LogP contribution in [0.2, 0.25) is 0 Å². The fourth-order valence-electron chi connectivity index (χ4n) is 7.53. The average Bonchev–Trinajstić information content (AvgIpc) is 3.33. The molecule has 0 radical (unpaired) electrons. The highest BCUT2D eigenvalue weighted by molar-refractivity contribution is 5.83. The number of hydrogen-bond donors (Lipinski definition) is 0. The molecular weight excluding hydrogens is 801 g/mol. The van der Waals surface area contributed by atoms with Crippen molar-refractivity contribution in [1.29, 1.82) is 0 Å². The third-order valence-electron chi connectivity index (χ3n) is 11.7. The summed E-state index contributed by atoms with van der Waals surface area (Å²) in [7, 11) is 9.99. The second kappa shape index (κ2) is 26.6. The molecule has 0 amide bonds. The van der Waals surface area contributed by atoms with E-state index in [0.29, 0.717) is 53.8 Å². The van der Waals surface area contributed by atoms with Crippen molar-refractivity contribution in [2.45, 2.75) is 79.1 Å². The Hall–Kier alpha value is -6.02. The van der Waals surface area contributed by atoms with Gasteiger partial charge in [-0.05, 0) is 73.2 Å². The molecule has 64 heavy (non-hydrogen) atoms. The van der Waals surface area contributed by atoms with Gasteiger partial charge in [0.2, 0.25) is 0 Å². The largest absolute Gasteiger partial charge is 0.496 e. The predicted molar refractivity (Wildman–Crippen MR) is 270 cm³/mol. The van der Waals surface area contributed by atoms with E-state index in [9.17, 15) is 0 Å². The van der Waals surface area contributed by atoms with Gasteiger partial charge in [0.05, 0.1) is 55.9 Å². The quantitative estimate of drug-likeness (QED) is 0.0523. The van der Waals surface area contributed by atoms with Crippen molar-refractivity contribution in [2.75, 3.05) is 55.9 Å². The second-order valence-electron chi connectivity index (χ2n) is 15.8. The summed E-state index contributed by atoms with van der Waals surface area (Å²) in [6.45, 7) is 18.1. The molecule has 4 aromatic carbocycles. The van der Waals surface area contributed by atoms with Crippen molar-refractivity contribution in [2.24, 2.45) is 11.8 Å². The molecule has 8 heteroatoms. The lowest BCUT2D eigenvalue weighted by Gasteiger charge is -2.18. The molecule has 344 valence electrons. The number of hydrogen-bond acceptors (Lipinski definition) is 8. The van der Waals surface area contributed by atoms with Crippen molar-refractivity contribution in [3.63, 3.8) is 0 Å². The van der Waals surface area contributed by atoms with Crippen molar-refractivity contribution in [3.05, 3.63) is 106 Å². The van der Waals surface area contributed by atoms with Gasteiger partial charge in [0.1, 0.15) is 46.0 Å². The Bertz CT molecular complexity index is 2210. The highest BCUT2D eigenvalue weighted by Gasteiger charge is 2.16. The summed E-state index contributed by atoms with van der Waals surface area (Å²) in [4.78, 5) is 0. The molecular formula is C56H72O8. The average molecular weight is 873 g/mol. The van der Waals surface area contributed by atoms with Crippen molar-refractivity contribution >= 4 is 48.6 Å². The van der Waals surface area contributed by atoms with Crippen LogP contribution in [0.5, 0.6) is 46.0 Å². The predicted octanol–water partition coefficient (Wildman–Crippen LogP) is 14.7. The SMILES string of the molecule is C=Cc1cc(OC)c(/C=C/c2cc(OCC(CC)CCCC)c(/C=C/c3cc(OC)c(/C=C/c4cc(OCC(CC)CCCC)c(C=C)cc4OC)cc3OC)cc2OC)cc1OC.